The van der Waals surface area contributed by atoms with Gasteiger partial charge in [0.15, 0.2) is 14.6 Å². The molecule has 0 aliphatic rings. The van der Waals surface area contributed by atoms with Crippen LogP contribution < -0.4 is 0 Å². The normalized spacial score (nSPS) is 10.7. The second-order valence-corrected chi connectivity index (χ2v) is 6.71. The van der Waals surface area contributed by atoms with Crippen LogP contribution in [0.5, 0.6) is 0 Å². The van der Waals surface area contributed by atoms with Crippen LogP contribution in [0.4, 0.5) is 5.00 Å². The molecule has 2 aromatic heterocycles. The molecule has 0 amide bonds. The van der Waals surface area contributed by atoms with Crippen LogP contribution in [0.2, 0.25) is 20.4 Å². The van der Waals surface area contributed by atoms with Gasteiger partial charge in [-0.05, 0) is 11.3 Å². The second-order valence-electron chi connectivity index (χ2n) is 2.97. The molecule has 0 aromatic carbocycles. The monoisotopic (exact) mass is 375 g/mol. The molecule has 0 radical (unpaired) electrons. The molecule has 0 fully saturated rings. The summed E-state index contributed by atoms with van der Waals surface area (Å²) in [5.74, 6) is 0. The number of nitro groups is 1. The average molecular weight is 377 g/mol. The van der Waals surface area contributed by atoms with Crippen molar-refractivity contribution >= 4 is 74.5 Å². The number of nitrogens with zero attached hydrogens (tertiary/aromatic N) is 3. The van der Waals surface area contributed by atoms with Crippen molar-refractivity contribution in [2.24, 2.45) is 0 Å². The van der Waals surface area contributed by atoms with Gasteiger partial charge in [0.05, 0.1) is 19.9 Å². The van der Waals surface area contributed by atoms with Crippen molar-refractivity contribution in [3.8, 4) is 0 Å². The smallest absolute Gasteiger partial charge is 0.257 e. The van der Waals surface area contributed by atoms with Crippen molar-refractivity contribution in [2.75, 3.05) is 0 Å². The van der Waals surface area contributed by atoms with Crippen LogP contribution in [-0.2, 0) is 0 Å². The summed E-state index contributed by atoms with van der Waals surface area (Å²) in [5, 5.41) is 10.7. The third kappa shape index (κ3) is 3.24. The highest BCUT2D eigenvalue weighted by molar-refractivity contribution is 8.01. The number of thiazole rings is 1. The first-order valence-electron chi connectivity index (χ1n) is 4.38. The zero-order chi connectivity index (χ0) is 14.2. The van der Waals surface area contributed by atoms with E-state index in [0.29, 0.717) is 9.24 Å². The van der Waals surface area contributed by atoms with E-state index in [1.165, 1.54) is 0 Å². The molecule has 0 unspecified atom stereocenters. The zero-order valence-corrected chi connectivity index (χ0v) is 13.2. The van der Waals surface area contributed by atoms with Gasteiger partial charge in [-0.25, -0.2) is 9.97 Å². The van der Waals surface area contributed by atoms with Gasteiger partial charge in [-0.1, -0.05) is 58.2 Å². The van der Waals surface area contributed by atoms with Crippen LogP contribution in [0.15, 0.2) is 15.4 Å². The Morgan fingerprint density at radius 2 is 1.79 bits per heavy atom. The molecule has 19 heavy (non-hydrogen) atoms. The minimum absolute atomic E-state index is 0.00428. The molecular formula is C8HCl4N3O2S2. The van der Waals surface area contributed by atoms with E-state index in [9.17, 15) is 10.1 Å². The standard InChI is InChI=1S/C8HCl4N3O2S2/c9-3-5(4(10)7(12)14-6(3)11)19-8-13-1-2(18-8)15(16)17/h1H. The molecule has 5 nitrogen and oxygen atoms in total. The lowest BCUT2D eigenvalue weighted by molar-refractivity contribution is -0.380. The summed E-state index contributed by atoms with van der Waals surface area (Å²) in [5.41, 5.74) is 0. The van der Waals surface area contributed by atoms with E-state index in [1.807, 2.05) is 0 Å². The molecule has 100 valence electrons. The SMILES string of the molecule is O=[N+]([O-])c1cnc(Sc2c(Cl)c(Cl)nc(Cl)c2Cl)s1. The summed E-state index contributed by atoms with van der Waals surface area (Å²) in [7, 11) is 0. The van der Waals surface area contributed by atoms with E-state index in [1.54, 1.807) is 0 Å². The Morgan fingerprint density at radius 3 is 2.26 bits per heavy atom. The summed E-state index contributed by atoms with van der Waals surface area (Å²) < 4.78 is 0.397. The molecule has 0 spiro atoms. The highest BCUT2D eigenvalue weighted by atomic mass is 35.5. The van der Waals surface area contributed by atoms with E-state index in [2.05, 4.69) is 9.97 Å². The lowest BCUT2D eigenvalue weighted by atomic mass is 10.5. The minimum atomic E-state index is -0.530. The van der Waals surface area contributed by atoms with E-state index >= 15 is 0 Å². The van der Waals surface area contributed by atoms with Gasteiger partial charge < -0.3 is 0 Å². The molecule has 0 saturated carbocycles. The molecule has 11 heteroatoms. The van der Waals surface area contributed by atoms with Gasteiger partial charge >= 0.3 is 5.00 Å². The van der Waals surface area contributed by atoms with Crippen LogP contribution in [0.25, 0.3) is 0 Å². The van der Waals surface area contributed by atoms with Crippen LogP contribution >= 0.6 is 69.5 Å². The molecule has 0 bridgehead atoms. The maximum Gasteiger partial charge on any atom is 0.344 e. The van der Waals surface area contributed by atoms with Gasteiger partial charge in [0.25, 0.3) is 0 Å². The van der Waals surface area contributed by atoms with Crippen molar-refractivity contribution in [2.45, 2.75) is 9.24 Å². The topological polar surface area (TPSA) is 68.9 Å². The Kier molecular flexibility index (Phi) is 4.75. The molecule has 0 saturated heterocycles. The van der Waals surface area contributed by atoms with E-state index < -0.39 is 4.92 Å². The van der Waals surface area contributed by atoms with Gasteiger partial charge in [0.2, 0.25) is 0 Å². The maximum atomic E-state index is 10.6. The first-order valence-corrected chi connectivity index (χ1v) is 7.52. The molecule has 0 atom stereocenters. The fourth-order valence-electron chi connectivity index (χ4n) is 1.03. The van der Waals surface area contributed by atoms with Crippen LogP contribution in [-0.4, -0.2) is 14.9 Å². The van der Waals surface area contributed by atoms with E-state index in [-0.39, 0.29) is 25.4 Å². The Bertz CT molecular complexity index is 637. The Balaban J connectivity index is 2.40. The minimum Gasteiger partial charge on any atom is -0.257 e. The highest BCUT2D eigenvalue weighted by Gasteiger charge is 2.19. The van der Waals surface area contributed by atoms with Crippen molar-refractivity contribution in [3.63, 3.8) is 0 Å². The first kappa shape index (κ1) is 15.1. The molecule has 2 heterocycles. The van der Waals surface area contributed by atoms with Gasteiger partial charge in [-0.2, -0.15) is 0 Å². The predicted molar refractivity (Wildman–Crippen MR) is 77.2 cm³/mol. The lowest BCUT2D eigenvalue weighted by Gasteiger charge is -2.06. The highest BCUT2D eigenvalue weighted by Crippen LogP contribution is 2.45. The summed E-state index contributed by atoms with van der Waals surface area (Å²) in [6.45, 7) is 0. The molecular weight excluding hydrogens is 376 g/mol. The number of halogens is 4. The fraction of sp³-hybridized carbons (Fsp3) is 0. The third-order valence-electron chi connectivity index (χ3n) is 1.80. The van der Waals surface area contributed by atoms with E-state index in [4.69, 9.17) is 46.4 Å². The number of pyridine rings is 1. The summed E-state index contributed by atoms with van der Waals surface area (Å²) >= 11 is 25.5. The van der Waals surface area contributed by atoms with Crippen LogP contribution in [0.3, 0.4) is 0 Å². The number of hydrogen-bond donors (Lipinski definition) is 0. The molecule has 2 aromatic rings. The van der Waals surface area contributed by atoms with Crippen molar-refractivity contribution in [3.05, 3.63) is 36.7 Å². The largest absolute Gasteiger partial charge is 0.344 e. The summed E-state index contributed by atoms with van der Waals surface area (Å²) in [6, 6.07) is 0. The number of hydrogen-bond acceptors (Lipinski definition) is 6. The molecule has 0 N–H and O–H groups in total. The van der Waals surface area contributed by atoms with Crippen molar-refractivity contribution < 1.29 is 4.92 Å². The third-order valence-corrected chi connectivity index (χ3v) is 5.64. The first-order chi connectivity index (χ1) is 8.90. The average Bonchev–Trinajstić information content (AvgIpc) is 2.81. The summed E-state index contributed by atoms with van der Waals surface area (Å²) in [4.78, 5) is 18.0. The number of aromatic nitrogens is 2. The Morgan fingerprint density at radius 1 is 1.21 bits per heavy atom. The van der Waals surface area contributed by atoms with Gasteiger partial charge in [0.1, 0.15) is 6.20 Å². The molecule has 0 aliphatic carbocycles. The van der Waals surface area contributed by atoms with E-state index in [0.717, 1.165) is 29.3 Å². The van der Waals surface area contributed by atoms with Gasteiger partial charge in [-0.15, -0.1) is 0 Å². The van der Waals surface area contributed by atoms with Crippen molar-refractivity contribution in [1.82, 2.24) is 9.97 Å². The van der Waals surface area contributed by atoms with Gasteiger partial charge in [-0.3, -0.25) is 10.1 Å². The van der Waals surface area contributed by atoms with Crippen LogP contribution in [0.1, 0.15) is 0 Å². The van der Waals surface area contributed by atoms with Crippen LogP contribution in [0, 0.1) is 10.1 Å². The molecule has 0 aliphatic heterocycles. The summed E-state index contributed by atoms with van der Waals surface area (Å²) in [6.07, 6.45) is 1.15. The number of rotatable bonds is 3. The van der Waals surface area contributed by atoms with Crippen molar-refractivity contribution in [1.29, 1.82) is 0 Å². The lowest BCUT2D eigenvalue weighted by Crippen LogP contribution is -1.86. The maximum absolute atomic E-state index is 10.6. The predicted octanol–water partition coefficient (Wildman–Crippen LogP) is 5.21. The van der Waals surface area contributed by atoms with Gasteiger partial charge in [0, 0.05) is 0 Å². The second kappa shape index (κ2) is 5.99. The Hall–Kier alpha value is -0.310. The molecule has 2 rings (SSSR count). The fourth-order valence-corrected chi connectivity index (χ4v) is 3.88. The quantitative estimate of drug-likeness (QED) is 0.417. The Labute approximate surface area is 135 Å². The zero-order valence-electron chi connectivity index (χ0n) is 8.56.